The van der Waals surface area contributed by atoms with Gasteiger partial charge < -0.3 is 15.5 Å². The van der Waals surface area contributed by atoms with Crippen molar-refractivity contribution in [1.29, 1.82) is 0 Å². The summed E-state index contributed by atoms with van der Waals surface area (Å²) in [6, 6.07) is 8.33. The minimum absolute atomic E-state index is 0.532. The number of piperidine rings is 1. The molecule has 0 saturated carbocycles. The fourth-order valence-corrected chi connectivity index (χ4v) is 4.70. The summed E-state index contributed by atoms with van der Waals surface area (Å²) in [5, 5.41) is 10.2. The molecule has 4 nitrogen and oxygen atoms in total. The molecule has 0 radical (unpaired) electrons. The van der Waals surface area contributed by atoms with Gasteiger partial charge in [0.15, 0.2) is 0 Å². The average Bonchev–Trinajstić information content (AvgIpc) is 3.22. The van der Waals surface area contributed by atoms with E-state index in [2.05, 4.69) is 72.2 Å². The molecule has 0 aliphatic carbocycles. The predicted molar refractivity (Wildman–Crippen MR) is 126 cm³/mol. The Balaban J connectivity index is 1.49. The third-order valence-corrected chi connectivity index (χ3v) is 6.49. The predicted octanol–water partition coefficient (Wildman–Crippen LogP) is 5.96. The number of hydrogen-bond donors (Lipinski definition) is 2. The van der Waals surface area contributed by atoms with E-state index in [1.54, 1.807) is 11.3 Å². The SMILES string of the molecule is C=C(Nc1cccc(C)c1)c1csc(C2CCN(C(=C)NCCCCC)CC2)n1. The molecule has 0 atom stereocenters. The molecule has 2 heterocycles. The lowest BCUT2D eigenvalue weighted by molar-refractivity contribution is 0.248. The lowest BCUT2D eigenvalue weighted by Crippen LogP contribution is -2.37. The molecule has 0 bridgehead atoms. The van der Waals surface area contributed by atoms with Crippen molar-refractivity contribution >= 4 is 22.7 Å². The molecular formula is C24H34N4S. The van der Waals surface area contributed by atoms with E-state index in [0.29, 0.717) is 5.92 Å². The zero-order chi connectivity index (χ0) is 20.6. The normalized spacial score (nSPS) is 14.6. The van der Waals surface area contributed by atoms with Crippen LogP contribution in [0.25, 0.3) is 5.70 Å². The topological polar surface area (TPSA) is 40.2 Å². The molecule has 5 heteroatoms. The first-order valence-electron chi connectivity index (χ1n) is 10.7. The molecular weight excluding hydrogens is 376 g/mol. The summed E-state index contributed by atoms with van der Waals surface area (Å²) in [7, 11) is 0. The molecule has 1 saturated heterocycles. The van der Waals surface area contributed by atoms with Crippen LogP contribution in [0.2, 0.25) is 0 Å². The lowest BCUT2D eigenvalue weighted by Gasteiger charge is -2.34. The number of nitrogens with one attached hydrogen (secondary N) is 2. The Bertz CT molecular complexity index is 818. The van der Waals surface area contributed by atoms with Gasteiger partial charge in [-0.15, -0.1) is 11.3 Å². The van der Waals surface area contributed by atoms with Gasteiger partial charge in [0.2, 0.25) is 0 Å². The van der Waals surface area contributed by atoms with Crippen LogP contribution in [0.15, 0.2) is 48.6 Å². The number of likely N-dealkylation sites (tertiary alicyclic amines) is 1. The van der Waals surface area contributed by atoms with Crippen LogP contribution in [0.3, 0.4) is 0 Å². The monoisotopic (exact) mass is 410 g/mol. The van der Waals surface area contributed by atoms with Crippen molar-refractivity contribution in [3.63, 3.8) is 0 Å². The van der Waals surface area contributed by atoms with Crippen LogP contribution in [0, 0.1) is 6.92 Å². The summed E-state index contributed by atoms with van der Waals surface area (Å²) in [5.41, 5.74) is 4.11. The van der Waals surface area contributed by atoms with Crippen LogP contribution in [0.1, 0.15) is 61.2 Å². The van der Waals surface area contributed by atoms with Crippen molar-refractivity contribution in [1.82, 2.24) is 15.2 Å². The molecule has 2 N–H and O–H groups in total. The zero-order valence-electron chi connectivity index (χ0n) is 17.8. The average molecular weight is 411 g/mol. The Morgan fingerprint density at radius 2 is 2.03 bits per heavy atom. The van der Waals surface area contributed by atoms with Gasteiger partial charge in [-0.3, -0.25) is 0 Å². The Morgan fingerprint density at radius 3 is 2.76 bits per heavy atom. The Labute approximate surface area is 179 Å². The van der Waals surface area contributed by atoms with Gasteiger partial charge in [-0.05, 0) is 43.9 Å². The summed E-state index contributed by atoms with van der Waals surface area (Å²) >= 11 is 1.76. The summed E-state index contributed by atoms with van der Waals surface area (Å²) in [6.45, 7) is 15.9. The summed E-state index contributed by atoms with van der Waals surface area (Å²) in [4.78, 5) is 7.28. The van der Waals surface area contributed by atoms with Crippen molar-refractivity contribution < 1.29 is 0 Å². The first kappa shape index (κ1) is 21.4. The van der Waals surface area contributed by atoms with E-state index in [1.165, 1.54) is 29.8 Å². The summed E-state index contributed by atoms with van der Waals surface area (Å²) in [5.74, 6) is 1.61. The fourth-order valence-electron chi connectivity index (χ4n) is 3.69. The van der Waals surface area contributed by atoms with Crippen LogP contribution in [-0.4, -0.2) is 29.5 Å². The van der Waals surface area contributed by atoms with E-state index in [-0.39, 0.29) is 0 Å². The number of aryl methyl sites for hydroxylation is 1. The lowest BCUT2D eigenvalue weighted by atomic mass is 9.97. The fraction of sp³-hybridized carbons (Fsp3) is 0.458. The van der Waals surface area contributed by atoms with Gasteiger partial charge in [0.25, 0.3) is 0 Å². The van der Waals surface area contributed by atoms with E-state index >= 15 is 0 Å². The van der Waals surface area contributed by atoms with Crippen molar-refractivity contribution in [3.8, 4) is 0 Å². The zero-order valence-corrected chi connectivity index (χ0v) is 18.7. The molecule has 1 aliphatic rings. The van der Waals surface area contributed by atoms with Crippen LogP contribution in [0.5, 0.6) is 0 Å². The van der Waals surface area contributed by atoms with Crippen LogP contribution in [0.4, 0.5) is 5.69 Å². The molecule has 0 spiro atoms. The van der Waals surface area contributed by atoms with Gasteiger partial charge in [0.05, 0.1) is 22.2 Å². The molecule has 29 heavy (non-hydrogen) atoms. The van der Waals surface area contributed by atoms with E-state index in [1.807, 2.05) is 0 Å². The van der Waals surface area contributed by atoms with Crippen LogP contribution >= 0.6 is 11.3 Å². The summed E-state index contributed by atoms with van der Waals surface area (Å²) in [6.07, 6.45) is 6.00. The number of anilines is 1. The molecule has 3 rings (SSSR count). The first-order chi connectivity index (χ1) is 14.1. The minimum Gasteiger partial charge on any atom is -0.372 e. The molecule has 2 aromatic rings. The van der Waals surface area contributed by atoms with E-state index in [0.717, 1.165) is 55.4 Å². The second-order valence-corrected chi connectivity index (χ2v) is 8.78. The second kappa shape index (κ2) is 10.5. The minimum atomic E-state index is 0.532. The number of aromatic nitrogens is 1. The Hall–Kier alpha value is -2.27. The van der Waals surface area contributed by atoms with E-state index in [9.17, 15) is 0 Å². The summed E-state index contributed by atoms with van der Waals surface area (Å²) < 4.78 is 0. The highest BCUT2D eigenvalue weighted by atomic mass is 32.1. The van der Waals surface area contributed by atoms with Gasteiger partial charge >= 0.3 is 0 Å². The van der Waals surface area contributed by atoms with Gasteiger partial charge in [-0.25, -0.2) is 4.98 Å². The van der Waals surface area contributed by atoms with Gasteiger partial charge in [0.1, 0.15) is 0 Å². The second-order valence-electron chi connectivity index (χ2n) is 7.89. The molecule has 1 aromatic heterocycles. The molecule has 0 amide bonds. The number of thiazole rings is 1. The van der Waals surface area contributed by atoms with Crippen molar-refractivity contribution in [2.24, 2.45) is 0 Å². The van der Waals surface area contributed by atoms with Crippen molar-refractivity contribution in [2.75, 3.05) is 25.0 Å². The number of rotatable bonds is 10. The number of unbranched alkanes of at least 4 members (excludes halogenated alkanes) is 2. The molecule has 1 fully saturated rings. The Morgan fingerprint density at radius 1 is 1.24 bits per heavy atom. The standard InChI is InChI=1S/C24H34N4S/c1-5-6-7-13-25-20(4)28-14-11-21(12-15-28)24-27-23(17-29-24)19(3)26-22-10-8-9-18(2)16-22/h8-10,16-17,21,25-26H,3-7,11-15H2,1-2H3. The molecule has 156 valence electrons. The number of benzene rings is 1. The quantitative estimate of drug-likeness (QED) is 0.474. The molecule has 0 unspecified atom stereocenters. The van der Waals surface area contributed by atoms with Gasteiger partial charge in [-0.2, -0.15) is 0 Å². The third-order valence-electron chi connectivity index (χ3n) is 5.48. The van der Waals surface area contributed by atoms with Gasteiger partial charge in [0, 0.05) is 36.6 Å². The Kier molecular flexibility index (Phi) is 7.76. The molecule has 1 aliphatic heterocycles. The maximum absolute atomic E-state index is 4.89. The van der Waals surface area contributed by atoms with Crippen molar-refractivity contribution in [3.05, 3.63) is 64.9 Å². The van der Waals surface area contributed by atoms with Crippen molar-refractivity contribution in [2.45, 2.75) is 51.9 Å². The molecule has 1 aromatic carbocycles. The highest BCUT2D eigenvalue weighted by Gasteiger charge is 2.24. The van der Waals surface area contributed by atoms with E-state index in [4.69, 9.17) is 4.98 Å². The highest BCUT2D eigenvalue weighted by molar-refractivity contribution is 7.09. The largest absolute Gasteiger partial charge is 0.372 e. The number of hydrogen-bond acceptors (Lipinski definition) is 5. The maximum atomic E-state index is 4.89. The smallest absolute Gasteiger partial charge is 0.0971 e. The number of nitrogens with zero attached hydrogens (tertiary/aromatic N) is 2. The van der Waals surface area contributed by atoms with Crippen LogP contribution in [-0.2, 0) is 0 Å². The highest BCUT2D eigenvalue weighted by Crippen LogP contribution is 2.32. The van der Waals surface area contributed by atoms with Gasteiger partial charge in [-0.1, -0.05) is 45.1 Å². The first-order valence-corrected chi connectivity index (χ1v) is 11.6. The third kappa shape index (κ3) is 6.10. The van der Waals surface area contributed by atoms with Crippen LogP contribution < -0.4 is 10.6 Å². The maximum Gasteiger partial charge on any atom is 0.0971 e. The van der Waals surface area contributed by atoms with E-state index < -0.39 is 0 Å².